The maximum Gasteiger partial charge on any atom is 0.269 e. The van der Waals surface area contributed by atoms with Crippen LogP contribution in [0.4, 0.5) is 0 Å². The van der Waals surface area contributed by atoms with Gasteiger partial charge in [-0.25, -0.2) is 0 Å². The minimum absolute atomic E-state index is 0.109. The number of hydrogen-bond acceptors (Lipinski definition) is 4. The summed E-state index contributed by atoms with van der Waals surface area (Å²) in [6.07, 6.45) is 0.722. The molecular formula is C11H23NO4S. The number of rotatable bonds is 7. The van der Waals surface area contributed by atoms with Crippen molar-refractivity contribution in [3.8, 4) is 0 Å². The van der Waals surface area contributed by atoms with Crippen LogP contribution >= 0.6 is 0 Å². The summed E-state index contributed by atoms with van der Waals surface area (Å²) in [5.41, 5.74) is -0.825. The summed E-state index contributed by atoms with van der Waals surface area (Å²) >= 11 is 0. The number of amides is 1. The molecule has 0 spiro atoms. The van der Waals surface area contributed by atoms with Gasteiger partial charge in [0.1, 0.15) is 0 Å². The largest absolute Gasteiger partial charge is 0.350 e. The van der Waals surface area contributed by atoms with Crippen LogP contribution < -0.4 is 5.32 Å². The van der Waals surface area contributed by atoms with Gasteiger partial charge in [-0.05, 0) is 27.2 Å². The lowest BCUT2D eigenvalue weighted by Crippen LogP contribution is -2.50. The molecule has 1 unspecified atom stereocenters. The van der Waals surface area contributed by atoms with Gasteiger partial charge >= 0.3 is 0 Å². The molecule has 0 aliphatic heterocycles. The van der Waals surface area contributed by atoms with E-state index in [1.165, 1.54) is 0 Å². The van der Waals surface area contributed by atoms with Crippen molar-refractivity contribution in [1.29, 1.82) is 0 Å². The highest BCUT2D eigenvalue weighted by atomic mass is 32.2. The number of hydrogen-bond donors (Lipinski definition) is 1. The van der Waals surface area contributed by atoms with Crippen molar-refractivity contribution < 1.29 is 17.4 Å². The summed E-state index contributed by atoms with van der Waals surface area (Å²) in [6, 6.07) is 0. The summed E-state index contributed by atoms with van der Waals surface area (Å²) in [5, 5.41) is 2.72. The van der Waals surface area contributed by atoms with Crippen LogP contribution in [0.2, 0.25) is 0 Å². The molecule has 1 atom stereocenters. The van der Waals surface area contributed by atoms with Gasteiger partial charge in [0.15, 0.2) is 0 Å². The summed E-state index contributed by atoms with van der Waals surface area (Å²) in [7, 11) is -3.58. The molecule has 0 rings (SSSR count). The molecule has 0 bridgehead atoms. The topological polar surface area (TPSA) is 72.5 Å². The van der Waals surface area contributed by atoms with Crippen LogP contribution in [0.3, 0.4) is 0 Å². The first kappa shape index (κ1) is 16.4. The molecule has 0 radical (unpaired) electrons. The molecule has 0 aliphatic carbocycles. The van der Waals surface area contributed by atoms with Gasteiger partial charge in [0.2, 0.25) is 5.91 Å². The van der Waals surface area contributed by atoms with Gasteiger partial charge < -0.3 is 5.32 Å². The second-order valence-electron chi connectivity index (χ2n) is 4.79. The van der Waals surface area contributed by atoms with E-state index in [4.69, 9.17) is 0 Å². The Kier molecular flexibility index (Phi) is 6.12. The highest BCUT2D eigenvalue weighted by Gasteiger charge is 2.29. The zero-order chi connectivity index (χ0) is 13.7. The first-order chi connectivity index (χ1) is 7.63. The predicted octanol–water partition coefficient (Wildman–Crippen LogP) is 1.29. The van der Waals surface area contributed by atoms with E-state index in [1.54, 1.807) is 20.8 Å². The van der Waals surface area contributed by atoms with E-state index in [9.17, 15) is 13.2 Å². The molecule has 0 aromatic rings. The fraction of sp³-hybridized carbons (Fsp3) is 0.909. The Morgan fingerprint density at radius 2 is 1.88 bits per heavy atom. The van der Waals surface area contributed by atoms with Gasteiger partial charge in [-0.1, -0.05) is 13.8 Å². The average molecular weight is 265 g/mol. The van der Waals surface area contributed by atoms with Crippen molar-refractivity contribution in [2.45, 2.75) is 46.6 Å². The van der Waals surface area contributed by atoms with E-state index in [2.05, 4.69) is 9.50 Å². The predicted molar refractivity (Wildman–Crippen MR) is 67.1 cm³/mol. The zero-order valence-electron chi connectivity index (χ0n) is 11.2. The third-order valence-corrected chi connectivity index (χ3v) is 4.03. The van der Waals surface area contributed by atoms with Crippen molar-refractivity contribution in [2.24, 2.45) is 5.92 Å². The maximum atomic E-state index is 11.7. The Hall–Kier alpha value is -0.620. The van der Waals surface area contributed by atoms with Crippen LogP contribution in [-0.2, 0) is 19.1 Å². The van der Waals surface area contributed by atoms with Crippen molar-refractivity contribution in [2.75, 3.05) is 12.4 Å². The molecule has 0 heterocycles. The van der Waals surface area contributed by atoms with E-state index in [1.807, 2.05) is 13.8 Å². The SMILES string of the molecule is CCOS(=O)(=O)CC(C)(C)NC(=O)C(C)CC. The van der Waals surface area contributed by atoms with Crippen LogP contribution in [-0.4, -0.2) is 32.2 Å². The molecular weight excluding hydrogens is 242 g/mol. The minimum atomic E-state index is -3.58. The van der Waals surface area contributed by atoms with Gasteiger partial charge in [-0.3, -0.25) is 8.98 Å². The van der Waals surface area contributed by atoms with E-state index >= 15 is 0 Å². The van der Waals surface area contributed by atoms with Crippen LogP contribution in [0.5, 0.6) is 0 Å². The van der Waals surface area contributed by atoms with Crippen LogP contribution in [0, 0.1) is 5.92 Å². The van der Waals surface area contributed by atoms with Crippen molar-refractivity contribution in [3.63, 3.8) is 0 Å². The summed E-state index contributed by atoms with van der Waals surface area (Å²) in [5.74, 6) is -0.482. The fourth-order valence-corrected chi connectivity index (χ4v) is 2.74. The Morgan fingerprint density at radius 3 is 2.29 bits per heavy atom. The Balaban J connectivity index is 4.54. The van der Waals surface area contributed by atoms with Crippen LogP contribution in [0.15, 0.2) is 0 Å². The highest BCUT2D eigenvalue weighted by Crippen LogP contribution is 2.11. The quantitative estimate of drug-likeness (QED) is 0.704. The van der Waals surface area contributed by atoms with Crippen molar-refractivity contribution >= 4 is 16.0 Å². The smallest absolute Gasteiger partial charge is 0.269 e. The summed E-state index contributed by atoms with van der Waals surface area (Å²) < 4.78 is 27.6. The molecule has 0 saturated heterocycles. The van der Waals surface area contributed by atoms with Crippen molar-refractivity contribution in [1.82, 2.24) is 5.32 Å². The van der Waals surface area contributed by atoms with Gasteiger partial charge in [0.05, 0.1) is 17.9 Å². The first-order valence-electron chi connectivity index (χ1n) is 5.82. The van der Waals surface area contributed by atoms with E-state index in [0.717, 1.165) is 6.42 Å². The molecule has 1 amide bonds. The second kappa shape index (κ2) is 6.35. The minimum Gasteiger partial charge on any atom is -0.350 e. The summed E-state index contributed by atoms with van der Waals surface area (Å²) in [4.78, 5) is 11.7. The van der Waals surface area contributed by atoms with Gasteiger partial charge in [-0.2, -0.15) is 8.42 Å². The molecule has 0 aromatic heterocycles. The zero-order valence-corrected chi connectivity index (χ0v) is 12.1. The normalized spacial score (nSPS) is 14.4. The standard InChI is InChI=1S/C11H23NO4S/c1-6-9(3)10(13)12-11(4,5)8-17(14,15)16-7-2/h9H,6-8H2,1-5H3,(H,12,13). The van der Waals surface area contributed by atoms with E-state index in [-0.39, 0.29) is 24.2 Å². The third kappa shape index (κ3) is 6.63. The Bertz CT molecular complexity index is 348. The first-order valence-corrected chi connectivity index (χ1v) is 7.40. The van der Waals surface area contributed by atoms with Gasteiger partial charge in [0.25, 0.3) is 10.1 Å². The average Bonchev–Trinajstić information content (AvgIpc) is 2.13. The maximum absolute atomic E-state index is 11.7. The third-order valence-electron chi connectivity index (χ3n) is 2.36. The van der Waals surface area contributed by atoms with Crippen LogP contribution in [0.1, 0.15) is 41.0 Å². The summed E-state index contributed by atoms with van der Waals surface area (Å²) in [6.45, 7) is 8.78. The lowest BCUT2D eigenvalue weighted by Gasteiger charge is -2.27. The van der Waals surface area contributed by atoms with E-state index in [0.29, 0.717) is 0 Å². The molecule has 6 heteroatoms. The van der Waals surface area contributed by atoms with Crippen LogP contribution in [0.25, 0.3) is 0 Å². The highest BCUT2D eigenvalue weighted by molar-refractivity contribution is 7.86. The fourth-order valence-electron chi connectivity index (χ4n) is 1.34. The molecule has 0 saturated carbocycles. The number of carbonyl (C=O) groups excluding carboxylic acids is 1. The van der Waals surface area contributed by atoms with Gasteiger partial charge in [0, 0.05) is 5.92 Å². The lowest BCUT2D eigenvalue weighted by molar-refractivity contribution is -0.125. The number of carbonyl (C=O) groups is 1. The Labute approximate surface area is 104 Å². The molecule has 17 heavy (non-hydrogen) atoms. The molecule has 0 aromatic carbocycles. The van der Waals surface area contributed by atoms with Crippen molar-refractivity contribution in [3.05, 3.63) is 0 Å². The molecule has 0 aliphatic rings. The Morgan fingerprint density at radius 1 is 1.35 bits per heavy atom. The lowest BCUT2D eigenvalue weighted by atomic mass is 10.0. The van der Waals surface area contributed by atoms with Gasteiger partial charge in [-0.15, -0.1) is 0 Å². The molecule has 5 nitrogen and oxygen atoms in total. The number of nitrogens with one attached hydrogen (secondary N) is 1. The molecule has 102 valence electrons. The van der Waals surface area contributed by atoms with E-state index < -0.39 is 15.7 Å². The molecule has 0 fully saturated rings. The molecule has 1 N–H and O–H groups in total. The monoisotopic (exact) mass is 265 g/mol. The second-order valence-corrected chi connectivity index (χ2v) is 6.43.